The summed E-state index contributed by atoms with van der Waals surface area (Å²) in [6.45, 7) is 9.09. The van der Waals surface area contributed by atoms with E-state index >= 15 is 0 Å². The van der Waals surface area contributed by atoms with E-state index in [9.17, 15) is 4.79 Å². The monoisotopic (exact) mass is 395 g/mol. The van der Waals surface area contributed by atoms with Gasteiger partial charge in [0.05, 0.1) is 18.7 Å². The van der Waals surface area contributed by atoms with Crippen molar-refractivity contribution in [1.29, 1.82) is 0 Å². The first kappa shape index (κ1) is 19.9. The normalized spacial score (nSPS) is 16.5. The number of oxazole rings is 1. The van der Waals surface area contributed by atoms with Crippen LogP contribution in [0, 0.1) is 0 Å². The van der Waals surface area contributed by atoms with E-state index in [4.69, 9.17) is 9.15 Å². The van der Waals surface area contributed by atoms with Crippen LogP contribution >= 0.6 is 0 Å². The Hall–Kier alpha value is -2.41. The number of aromatic nitrogens is 1. The van der Waals surface area contributed by atoms with Crippen molar-refractivity contribution in [3.63, 3.8) is 0 Å². The minimum absolute atomic E-state index is 0.285. The maximum absolute atomic E-state index is 12.4. The SMILES string of the molecule is CC(CN1CCOCC1)N(CCn1c(=O)oc2ccccc21)Cc1ccccc1. The predicted octanol–water partition coefficient (Wildman–Crippen LogP) is 2.82. The third-order valence-corrected chi connectivity index (χ3v) is 5.66. The molecule has 0 saturated carbocycles. The van der Waals surface area contributed by atoms with Crippen LogP contribution in [0.4, 0.5) is 0 Å². The molecule has 6 heteroatoms. The highest BCUT2D eigenvalue weighted by atomic mass is 16.5. The van der Waals surface area contributed by atoms with Crippen molar-refractivity contribution >= 4 is 11.1 Å². The molecular formula is C23H29N3O3. The van der Waals surface area contributed by atoms with Crippen molar-refractivity contribution in [2.24, 2.45) is 0 Å². The molecule has 0 amide bonds. The van der Waals surface area contributed by atoms with E-state index in [0.717, 1.165) is 51.5 Å². The maximum Gasteiger partial charge on any atom is 0.419 e. The number of hydrogen-bond acceptors (Lipinski definition) is 5. The fourth-order valence-corrected chi connectivity index (χ4v) is 4.00. The summed E-state index contributed by atoms with van der Waals surface area (Å²) in [5.74, 6) is -0.285. The van der Waals surface area contributed by atoms with Gasteiger partial charge in [0.2, 0.25) is 0 Å². The number of fused-ring (bicyclic) bond motifs is 1. The molecule has 1 aliphatic rings. The molecule has 4 rings (SSSR count). The maximum atomic E-state index is 12.4. The van der Waals surface area contributed by atoms with Gasteiger partial charge in [0.25, 0.3) is 0 Å². The first-order valence-corrected chi connectivity index (χ1v) is 10.4. The van der Waals surface area contributed by atoms with Gasteiger partial charge in [-0.2, -0.15) is 0 Å². The Balaban J connectivity index is 1.49. The largest absolute Gasteiger partial charge is 0.419 e. The Morgan fingerprint density at radius 3 is 2.55 bits per heavy atom. The molecule has 1 unspecified atom stereocenters. The van der Waals surface area contributed by atoms with Crippen LogP contribution in [0.15, 0.2) is 63.8 Å². The van der Waals surface area contributed by atoms with Gasteiger partial charge in [-0.1, -0.05) is 42.5 Å². The van der Waals surface area contributed by atoms with Crippen LogP contribution in [0.25, 0.3) is 11.1 Å². The second-order valence-electron chi connectivity index (χ2n) is 7.71. The Morgan fingerprint density at radius 2 is 1.76 bits per heavy atom. The molecular weight excluding hydrogens is 366 g/mol. The Bertz CT molecular complexity index is 960. The third kappa shape index (κ3) is 4.96. The fraction of sp³-hybridized carbons (Fsp3) is 0.435. The van der Waals surface area contributed by atoms with Gasteiger partial charge in [-0.05, 0) is 24.6 Å². The van der Waals surface area contributed by atoms with Crippen molar-refractivity contribution in [1.82, 2.24) is 14.4 Å². The molecule has 0 N–H and O–H groups in total. The number of para-hydroxylation sites is 2. The molecule has 0 radical (unpaired) electrons. The topological polar surface area (TPSA) is 50.9 Å². The molecule has 0 aliphatic carbocycles. The minimum atomic E-state index is -0.285. The van der Waals surface area contributed by atoms with Gasteiger partial charge in [-0.25, -0.2) is 4.79 Å². The molecule has 2 heterocycles. The molecule has 0 bridgehead atoms. The lowest BCUT2D eigenvalue weighted by Crippen LogP contribution is -2.46. The van der Waals surface area contributed by atoms with Gasteiger partial charge >= 0.3 is 5.76 Å². The molecule has 2 aromatic carbocycles. The number of ether oxygens (including phenoxy) is 1. The van der Waals surface area contributed by atoms with Crippen molar-refractivity contribution in [2.45, 2.75) is 26.1 Å². The molecule has 154 valence electrons. The van der Waals surface area contributed by atoms with Gasteiger partial charge in [0, 0.05) is 45.3 Å². The predicted molar refractivity (Wildman–Crippen MR) is 114 cm³/mol. The summed E-state index contributed by atoms with van der Waals surface area (Å²) < 4.78 is 12.6. The number of nitrogens with zero attached hydrogens (tertiary/aromatic N) is 3. The molecule has 1 aliphatic heterocycles. The lowest BCUT2D eigenvalue weighted by atomic mass is 10.1. The van der Waals surface area contributed by atoms with Crippen molar-refractivity contribution < 1.29 is 9.15 Å². The average molecular weight is 396 g/mol. The van der Waals surface area contributed by atoms with E-state index in [0.29, 0.717) is 18.2 Å². The number of morpholine rings is 1. The van der Waals surface area contributed by atoms with Gasteiger partial charge in [-0.3, -0.25) is 14.4 Å². The number of hydrogen-bond donors (Lipinski definition) is 0. The molecule has 1 saturated heterocycles. The second-order valence-corrected chi connectivity index (χ2v) is 7.71. The lowest BCUT2D eigenvalue weighted by molar-refractivity contribution is 0.0231. The molecule has 1 atom stereocenters. The van der Waals surface area contributed by atoms with Gasteiger partial charge in [0.1, 0.15) is 0 Å². The van der Waals surface area contributed by atoms with E-state index in [-0.39, 0.29) is 5.76 Å². The molecule has 29 heavy (non-hydrogen) atoms. The summed E-state index contributed by atoms with van der Waals surface area (Å²) >= 11 is 0. The number of benzene rings is 2. The second kappa shape index (κ2) is 9.39. The van der Waals surface area contributed by atoms with Crippen LogP contribution in [0.5, 0.6) is 0 Å². The van der Waals surface area contributed by atoms with Crippen LogP contribution in [-0.4, -0.2) is 59.8 Å². The molecule has 3 aromatic rings. The summed E-state index contributed by atoms with van der Waals surface area (Å²) in [5.41, 5.74) is 2.79. The third-order valence-electron chi connectivity index (χ3n) is 5.66. The molecule has 0 spiro atoms. The highest BCUT2D eigenvalue weighted by Crippen LogP contribution is 2.14. The summed E-state index contributed by atoms with van der Waals surface area (Å²) in [4.78, 5) is 17.3. The summed E-state index contributed by atoms with van der Waals surface area (Å²) in [7, 11) is 0. The minimum Gasteiger partial charge on any atom is -0.408 e. The quantitative estimate of drug-likeness (QED) is 0.587. The van der Waals surface area contributed by atoms with E-state index < -0.39 is 0 Å². The van der Waals surface area contributed by atoms with Crippen LogP contribution in [0.3, 0.4) is 0 Å². The highest BCUT2D eigenvalue weighted by molar-refractivity contribution is 5.72. The summed E-state index contributed by atoms with van der Waals surface area (Å²) in [6, 6.07) is 18.5. The van der Waals surface area contributed by atoms with E-state index in [1.165, 1.54) is 5.56 Å². The van der Waals surface area contributed by atoms with Crippen molar-refractivity contribution in [3.8, 4) is 0 Å². The summed E-state index contributed by atoms with van der Waals surface area (Å²) in [5, 5.41) is 0. The van der Waals surface area contributed by atoms with E-state index in [1.807, 2.05) is 30.3 Å². The molecule has 1 aromatic heterocycles. The van der Waals surface area contributed by atoms with E-state index in [1.54, 1.807) is 4.57 Å². The van der Waals surface area contributed by atoms with Crippen molar-refractivity contribution in [2.75, 3.05) is 39.4 Å². The van der Waals surface area contributed by atoms with Crippen LogP contribution in [0.1, 0.15) is 12.5 Å². The Morgan fingerprint density at radius 1 is 1.03 bits per heavy atom. The summed E-state index contributed by atoms with van der Waals surface area (Å²) in [6.07, 6.45) is 0. The average Bonchev–Trinajstić information content (AvgIpc) is 3.07. The van der Waals surface area contributed by atoms with E-state index in [2.05, 4.69) is 41.0 Å². The standard InChI is InChI=1S/C23H29N3O3/c1-19(17-24-13-15-28-16-14-24)25(18-20-7-3-2-4-8-20)11-12-26-21-9-5-6-10-22(21)29-23(26)27/h2-10,19H,11-18H2,1H3. The first-order chi connectivity index (χ1) is 14.2. The van der Waals surface area contributed by atoms with Crippen LogP contribution in [-0.2, 0) is 17.8 Å². The zero-order valence-corrected chi connectivity index (χ0v) is 17.0. The first-order valence-electron chi connectivity index (χ1n) is 10.4. The zero-order chi connectivity index (χ0) is 20.1. The zero-order valence-electron chi connectivity index (χ0n) is 17.0. The number of rotatable bonds is 8. The van der Waals surface area contributed by atoms with Crippen molar-refractivity contribution in [3.05, 3.63) is 70.7 Å². The van der Waals surface area contributed by atoms with Crippen LogP contribution in [0.2, 0.25) is 0 Å². The van der Waals surface area contributed by atoms with Crippen LogP contribution < -0.4 is 5.76 Å². The highest BCUT2D eigenvalue weighted by Gasteiger charge is 2.20. The van der Waals surface area contributed by atoms with Gasteiger partial charge < -0.3 is 9.15 Å². The van der Waals surface area contributed by atoms with Gasteiger partial charge in [-0.15, -0.1) is 0 Å². The Labute approximate surface area is 171 Å². The molecule has 1 fully saturated rings. The van der Waals surface area contributed by atoms with Gasteiger partial charge in [0.15, 0.2) is 5.58 Å². The molecule has 6 nitrogen and oxygen atoms in total. The smallest absolute Gasteiger partial charge is 0.408 e. The lowest BCUT2D eigenvalue weighted by Gasteiger charge is -2.35. The Kier molecular flexibility index (Phi) is 6.44. The fourth-order valence-electron chi connectivity index (χ4n) is 4.00.